The summed E-state index contributed by atoms with van der Waals surface area (Å²) in [5, 5.41) is 6.68. The van der Waals surface area contributed by atoms with Crippen LogP contribution in [0.3, 0.4) is 0 Å². The van der Waals surface area contributed by atoms with Gasteiger partial charge in [0, 0.05) is 49.6 Å². The summed E-state index contributed by atoms with van der Waals surface area (Å²) in [5.41, 5.74) is 1.88. The van der Waals surface area contributed by atoms with Gasteiger partial charge in [-0.15, -0.1) is 0 Å². The second-order valence-electron chi connectivity index (χ2n) is 5.92. The number of guanidine groups is 1. The Morgan fingerprint density at radius 2 is 2.12 bits per heavy atom. The standard InChI is InChI=1S/C17H25BrN6O/c1-2-19-17(20-5-6-23-7-9-25-10-8-23)21-11-15-13-24-12-14(18)3-4-16(24)22-15/h3-4,12-13H,2,5-11H2,1H3,(H2,19,20,21). The number of fused-ring (bicyclic) bond motifs is 1. The summed E-state index contributed by atoms with van der Waals surface area (Å²) < 4.78 is 8.42. The molecular formula is C17H25BrN6O. The normalized spacial score (nSPS) is 16.3. The molecule has 2 aromatic rings. The van der Waals surface area contributed by atoms with E-state index in [0.29, 0.717) is 6.54 Å². The van der Waals surface area contributed by atoms with Crippen molar-refractivity contribution in [2.45, 2.75) is 13.5 Å². The van der Waals surface area contributed by atoms with Crippen LogP contribution in [0, 0.1) is 0 Å². The number of halogens is 1. The zero-order valence-corrected chi connectivity index (χ0v) is 16.1. The van der Waals surface area contributed by atoms with Crippen molar-refractivity contribution in [1.29, 1.82) is 0 Å². The zero-order chi connectivity index (χ0) is 17.5. The van der Waals surface area contributed by atoms with E-state index in [1.165, 1.54) is 0 Å². The number of nitrogens with one attached hydrogen (secondary N) is 2. The highest BCUT2D eigenvalue weighted by molar-refractivity contribution is 9.10. The molecule has 0 bridgehead atoms. The van der Waals surface area contributed by atoms with Crippen molar-refractivity contribution in [2.75, 3.05) is 45.9 Å². The highest BCUT2D eigenvalue weighted by Crippen LogP contribution is 2.12. The molecule has 3 heterocycles. The summed E-state index contributed by atoms with van der Waals surface area (Å²) in [6.45, 7) is 8.99. The first-order valence-corrected chi connectivity index (χ1v) is 9.49. The number of morpholine rings is 1. The number of ether oxygens (including phenoxy) is 1. The number of aliphatic imine (C=N–C) groups is 1. The average Bonchev–Trinajstić information content (AvgIpc) is 3.02. The van der Waals surface area contributed by atoms with Crippen molar-refractivity contribution in [3.63, 3.8) is 0 Å². The highest BCUT2D eigenvalue weighted by atomic mass is 79.9. The number of hydrogen-bond acceptors (Lipinski definition) is 4. The molecule has 2 aromatic heterocycles. The second-order valence-corrected chi connectivity index (χ2v) is 6.84. The Morgan fingerprint density at radius 3 is 2.92 bits per heavy atom. The van der Waals surface area contributed by atoms with Crippen LogP contribution in [0.25, 0.3) is 5.65 Å². The van der Waals surface area contributed by atoms with Crippen LogP contribution in [0.2, 0.25) is 0 Å². The van der Waals surface area contributed by atoms with Gasteiger partial charge in [0.15, 0.2) is 5.96 Å². The van der Waals surface area contributed by atoms with Gasteiger partial charge in [-0.2, -0.15) is 0 Å². The zero-order valence-electron chi connectivity index (χ0n) is 14.5. The third-order valence-corrected chi connectivity index (χ3v) is 4.50. The van der Waals surface area contributed by atoms with Gasteiger partial charge in [0.25, 0.3) is 0 Å². The highest BCUT2D eigenvalue weighted by Gasteiger charge is 2.09. The Labute approximate surface area is 156 Å². The number of hydrogen-bond donors (Lipinski definition) is 2. The topological polar surface area (TPSA) is 66.2 Å². The smallest absolute Gasteiger partial charge is 0.191 e. The van der Waals surface area contributed by atoms with E-state index < -0.39 is 0 Å². The molecule has 0 aromatic carbocycles. The van der Waals surface area contributed by atoms with Crippen molar-refractivity contribution in [2.24, 2.45) is 4.99 Å². The summed E-state index contributed by atoms with van der Waals surface area (Å²) in [6, 6.07) is 3.98. The number of imidazole rings is 1. The van der Waals surface area contributed by atoms with Gasteiger partial charge in [-0.1, -0.05) is 0 Å². The maximum atomic E-state index is 5.38. The third kappa shape index (κ3) is 5.42. The number of nitrogens with zero attached hydrogens (tertiary/aromatic N) is 4. The van der Waals surface area contributed by atoms with Gasteiger partial charge in [0.1, 0.15) is 5.65 Å². The lowest BCUT2D eigenvalue weighted by Crippen LogP contribution is -2.44. The van der Waals surface area contributed by atoms with E-state index in [2.05, 4.69) is 48.4 Å². The van der Waals surface area contributed by atoms with Crippen molar-refractivity contribution in [3.05, 3.63) is 34.7 Å². The molecule has 1 saturated heterocycles. The Morgan fingerprint density at radius 1 is 1.28 bits per heavy atom. The molecule has 2 N–H and O–H groups in total. The quantitative estimate of drug-likeness (QED) is 0.559. The Bertz CT molecular complexity index is 710. The van der Waals surface area contributed by atoms with E-state index in [1.54, 1.807) is 0 Å². The van der Waals surface area contributed by atoms with E-state index in [-0.39, 0.29) is 0 Å². The molecule has 1 fully saturated rings. The van der Waals surface area contributed by atoms with Gasteiger partial charge < -0.3 is 19.8 Å². The molecule has 0 unspecified atom stereocenters. The minimum atomic E-state index is 0.548. The minimum absolute atomic E-state index is 0.548. The van der Waals surface area contributed by atoms with Crippen molar-refractivity contribution >= 4 is 27.5 Å². The number of aromatic nitrogens is 2. The fourth-order valence-corrected chi connectivity index (χ4v) is 3.11. The van der Waals surface area contributed by atoms with Crippen LogP contribution < -0.4 is 10.6 Å². The van der Waals surface area contributed by atoms with Crippen LogP contribution in [0.1, 0.15) is 12.6 Å². The Kier molecular flexibility index (Phi) is 6.66. The summed E-state index contributed by atoms with van der Waals surface area (Å²) in [6.07, 6.45) is 4.02. The summed E-state index contributed by atoms with van der Waals surface area (Å²) in [5.74, 6) is 0.828. The lowest BCUT2D eigenvalue weighted by atomic mass is 10.4. The van der Waals surface area contributed by atoms with E-state index in [4.69, 9.17) is 4.74 Å². The van der Waals surface area contributed by atoms with E-state index in [1.807, 2.05) is 28.9 Å². The van der Waals surface area contributed by atoms with Gasteiger partial charge in [0.05, 0.1) is 25.5 Å². The molecule has 1 aliphatic rings. The van der Waals surface area contributed by atoms with E-state index >= 15 is 0 Å². The molecular weight excluding hydrogens is 384 g/mol. The molecule has 0 atom stereocenters. The first kappa shape index (κ1) is 18.2. The number of pyridine rings is 1. The van der Waals surface area contributed by atoms with Crippen LogP contribution in [0.4, 0.5) is 0 Å². The predicted octanol–water partition coefficient (Wildman–Crippen LogP) is 1.48. The fourth-order valence-electron chi connectivity index (χ4n) is 2.75. The molecule has 1 aliphatic heterocycles. The van der Waals surface area contributed by atoms with Crippen LogP contribution >= 0.6 is 15.9 Å². The molecule has 0 amide bonds. The van der Waals surface area contributed by atoms with Crippen molar-refractivity contribution < 1.29 is 4.74 Å². The molecule has 3 rings (SSSR count). The SMILES string of the molecule is CCNC(=NCc1cn2cc(Br)ccc2n1)NCCN1CCOCC1. The molecule has 8 heteroatoms. The van der Waals surface area contributed by atoms with Crippen molar-refractivity contribution in [3.8, 4) is 0 Å². The van der Waals surface area contributed by atoms with Gasteiger partial charge in [-0.25, -0.2) is 9.98 Å². The minimum Gasteiger partial charge on any atom is -0.379 e. The second kappa shape index (κ2) is 9.17. The van der Waals surface area contributed by atoms with E-state index in [9.17, 15) is 0 Å². The van der Waals surface area contributed by atoms with Crippen LogP contribution in [0.15, 0.2) is 34.0 Å². The molecule has 0 spiro atoms. The summed E-state index contributed by atoms with van der Waals surface area (Å²) >= 11 is 3.48. The molecule has 25 heavy (non-hydrogen) atoms. The maximum Gasteiger partial charge on any atom is 0.191 e. The fraction of sp³-hybridized carbons (Fsp3) is 0.529. The average molecular weight is 409 g/mol. The van der Waals surface area contributed by atoms with Crippen LogP contribution in [0.5, 0.6) is 0 Å². The number of rotatable bonds is 6. The monoisotopic (exact) mass is 408 g/mol. The molecule has 136 valence electrons. The van der Waals surface area contributed by atoms with Gasteiger partial charge in [0.2, 0.25) is 0 Å². The largest absolute Gasteiger partial charge is 0.379 e. The Balaban J connectivity index is 1.54. The molecule has 0 radical (unpaired) electrons. The van der Waals surface area contributed by atoms with Gasteiger partial charge in [-0.3, -0.25) is 4.90 Å². The van der Waals surface area contributed by atoms with Crippen molar-refractivity contribution in [1.82, 2.24) is 24.9 Å². The first-order valence-electron chi connectivity index (χ1n) is 8.70. The maximum absolute atomic E-state index is 5.38. The third-order valence-electron chi connectivity index (χ3n) is 4.03. The van der Waals surface area contributed by atoms with Gasteiger partial charge in [-0.05, 0) is 35.0 Å². The molecule has 0 saturated carbocycles. The first-order chi connectivity index (χ1) is 12.2. The van der Waals surface area contributed by atoms with Gasteiger partial charge >= 0.3 is 0 Å². The molecule has 7 nitrogen and oxygen atoms in total. The lowest BCUT2D eigenvalue weighted by molar-refractivity contribution is 0.0389. The summed E-state index contributed by atoms with van der Waals surface area (Å²) in [4.78, 5) is 11.6. The van der Waals surface area contributed by atoms with E-state index in [0.717, 1.165) is 67.7 Å². The summed E-state index contributed by atoms with van der Waals surface area (Å²) in [7, 11) is 0. The predicted molar refractivity (Wildman–Crippen MR) is 103 cm³/mol. The lowest BCUT2D eigenvalue weighted by Gasteiger charge is -2.26. The Hall–Kier alpha value is -1.64. The molecule has 0 aliphatic carbocycles. The van der Waals surface area contributed by atoms with Crippen LogP contribution in [-0.4, -0.2) is 66.2 Å². The van der Waals surface area contributed by atoms with Crippen LogP contribution in [-0.2, 0) is 11.3 Å².